The highest BCUT2D eigenvalue weighted by Gasteiger charge is 2.73. The molecule has 0 aromatic carbocycles. The average molecular weight is 973 g/mol. The van der Waals surface area contributed by atoms with Gasteiger partial charge in [0.1, 0.15) is 67.1 Å². The van der Waals surface area contributed by atoms with E-state index in [9.17, 15) is 61.3 Å². The third-order valence-electron chi connectivity index (χ3n) is 20.0. The van der Waals surface area contributed by atoms with Gasteiger partial charge in [0.15, 0.2) is 12.6 Å². The predicted octanol–water partition coefficient (Wildman–Crippen LogP) is -0.644. The highest BCUT2D eigenvalue weighted by molar-refractivity contribution is 5.79. The fourth-order valence-electron chi connectivity index (χ4n) is 15.6. The molecular weight excluding hydrogens is 893 g/mol. The van der Waals surface area contributed by atoms with Crippen molar-refractivity contribution < 1.29 is 94.5 Å². The Morgan fingerprint density at radius 2 is 1.35 bits per heavy atom. The molecule has 12 N–H and O–H groups in total. The van der Waals surface area contributed by atoms with Crippen LogP contribution in [0.3, 0.4) is 0 Å². The Hall–Kier alpha value is -1.47. The second kappa shape index (κ2) is 18.8. The Kier molecular flexibility index (Phi) is 14.6. The lowest BCUT2D eigenvalue weighted by molar-refractivity contribution is -0.361. The number of aliphatic hydroxyl groups is 12. The van der Waals surface area contributed by atoms with Crippen molar-refractivity contribution >= 4 is 5.97 Å². The van der Waals surface area contributed by atoms with Crippen molar-refractivity contribution in [3.05, 3.63) is 11.6 Å². The molecule has 0 unspecified atom stereocenters. The molecule has 0 bridgehead atoms. The van der Waals surface area contributed by atoms with E-state index in [0.717, 1.165) is 12.0 Å². The first-order valence-electron chi connectivity index (χ1n) is 25.0. The maximum Gasteiger partial charge on any atom is 0.315 e. The molecule has 0 aromatic heterocycles. The molecule has 0 amide bonds. The van der Waals surface area contributed by atoms with E-state index in [2.05, 4.69) is 40.7 Å². The quantitative estimate of drug-likeness (QED) is 0.101. The van der Waals surface area contributed by atoms with E-state index in [4.69, 9.17) is 28.4 Å². The number of carbonyl (C=O) groups excluding carboxylic acids is 1. The zero-order chi connectivity index (χ0) is 50.0. The van der Waals surface area contributed by atoms with Crippen LogP contribution in [0.1, 0.15) is 107 Å². The lowest BCUT2D eigenvalue weighted by atomic mass is 9.32. The Bertz CT molecular complexity index is 1860. The molecule has 8 rings (SSSR count). The molecule has 0 aromatic rings. The summed E-state index contributed by atoms with van der Waals surface area (Å²) < 4.78 is 34.7. The summed E-state index contributed by atoms with van der Waals surface area (Å²) in [5.74, 6) is -0.816. The molecule has 390 valence electrons. The molecule has 4 saturated carbocycles. The highest BCUT2D eigenvalue weighted by atomic mass is 16.8. The first-order chi connectivity index (χ1) is 31.8. The molecule has 19 heteroatoms. The van der Waals surface area contributed by atoms with E-state index in [-0.39, 0.29) is 29.6 Å². The Labute approximate surface area is 398 Å². The average Bonchev–Trinajstić information content (AvgIpc) is 3.29. The smallest absolute Gasteiger partial charge is 0.315 e. The van der Waals surface area contributed by atoms with Gasteiger partial charge in [0, 0.05) is 5.41 Å². The standard InChI is InChI=1S/C49H80O19/c1-9-45(5)39-24(51)17-48(8)28(46(39,6)16-25(52)40(45)61)11-10-23-29-21(3)20(2)12-13-49(29,15-14-47(23,48)7)44(62)68-43-36(59)33(56)31(54)27(66-43)19-63-41-37(60)34(57)38(26(18-50)65-41)67-42-35(58)32(55)30(53)22(4)64-42/h10,20-22,24-43,50-61H,9,11-19H2,1-8H3/t20-,21+,22+,24-,25-,26-,27-,28-,29+,30+,31-,32-,33+,34-,35-,36-,37-,38-,39+,40+,41+,42-,43-,45+,46-,47-,48-,49+/m1/s1. The Balaban J connectivity index is 0.994. The van der Waals surface area contributed by atoms with Crippen LogP contribution in [0.25, 0.3) is 0 Å². The SMILES string of the molecule is CC[C@@]1(C)[C@@H]2[C@H](O)C[C@]3(C)[C@H](CC=C4[C@@H]5[C@@H](C)[C@H](C)CC[C@]5(C(=O)O[C@H]5O[C@H](CO[C@H]6O[C@H](CO)[C@@H](O[C@H]7O[C@@H](C)[C@H](O)[C@@H](O)[C@H]7O)[C@H](O)[C@H]6O)[C@@H](O)[C@H](O)[C@H]5O)CC[C@]43C)[C@@]2(C)C[C@@H](O)[C@@H]1O. The summed E-state index contributed by atoms with van der Waals surface area (Å²) in [4.78, 5) is 15.0. The van der Waals surface area contributed by atoms with E-state index in [0.29, 0.717) is 44.9 Å². The van der Waals surface area contributed by atoms with Crippen LogP contribution in [-0.2, 0) is 33.2 Å². The van der Waals surface area contributed by atoms with Crippen LogP contribution < -0.4 is 0 Å². The number of rotatable bonds is 9. The summed E-state index contributed by atoms with van der Waals surface area (Å²) in [6.45, 7) is 15.1. The van der Waals surface area contributed by atoms with Crippen LogP contribution in [0, 0.1) is 56.7 Å². The van der Waals surface area contributed by atoms with Gasteiger partial charge in [0.2, 0.25) is 6.29 Å². The number of aliphatic hydroxyl groups excluding tert-OH is 12. The summed E-state index contributed by atoms with van der Waals surface area (Å²) in [7, 11) is 0. The largest absolute Gasteiger partial charge is 0.432 e. The number of ether oxygens (including phenoxy) is 6. The minimum Gasteiger partial charge on any atom is -0.432 e. The molecule has 8 aliphatic rings. The van der Waals surface area contributed by atoms with Crippen molar-refractivity contribution in [1.29, 1.82) is 0 Å². The molecule has 0 spiro atoms. The number of fused-ring (bicyclic) bond motifs is 7. The predicted molar refractivity (Wildman–Crippen MR) is 236 cm³/mol. The van der Waals surface area contributed by atoms with Crippen molar-refractivity contribution in [1.82, 2.24) is 0 Å². The van der Waals surface area contributed by atoms with Gasteiger partial charge in [-0.1, -0.05) is 60.1 Å². The molecule has 19 nitrogen and oxygen atoms in total. The summed E-state index contributed by atoms with van der Waals surface area (Å²) >= 11 is 0. The minimum absolute atomic E-state index is 0.0216. The van der Waals surface area contributed by atoms with Crippen molar-refractivity contribution in [3.63, 3.8) is 0 Å². The van der Waals surface area contributed by atoms with Gasteiger partial charge in [-0.2, -0.15) is 0 Å². The van der Waals surface area contributed by atoms with E-state index >= 15 is 4.79 Å². The van der Waals surface area contributed by atoms with Crippen LogP contribution in [0.2, 0.25) is 0 Å². The summed E-state index contributed by atoms with van der Waals surface area (Å²) in [5, 5.41) is 132. The van der Waals surface area contributed by atoms with E-state index in [1.54, 1.807) is 0 Å². The molecule has 0 radical (unpaired) electrons. The molecule has 68 heavy (non-hydrogen) atoms. The second-order valence-electron chi connectivity index (χ2n) is 23.3. The van der Waals surface area contributed by atoms with Gasteiger partial charge in [-0.05, 0) is 104 Å². The van der Waals surface area contributed by atoms with Crippen LogP contribution in [-0.4, -0.2) is 191 Å². The molecule has 28 atom stereocenters. The fraction of sp³-hybridized carbons (Fsp3) is 0.939. The lowest BCUT2D eigenvalue weighted by Gasteiger charge is -2.72. The monoisotopic (exact) mass is 973 g/mol. The van der Waals surface area contributed by atoms with Crippen LogP contribution in [0.5, 0.6) is 0 Å². The number of carbonyl (C=O) groups is 1. The molecule has 5 aliphatic carbocycles. The first kappa shape index (κ1) is 52.8. The highest BCUT2D eigenvalue weighted by Crippen LogP contribution is 2.76. The number of hydrogen-bond acceptors (Lipinski definition) is 19. The minimum atomic E-state index is -1.87. The summed E-state index contributed by atoms with van der Waals surface area (Å²) in [6.07, 6.45) is -20.4. The van der Waals surface area contributed by atoms with Crippen molar-refractivity contribution in [2.45, 2.75) is 217 Å². The van der Waals surface area contributed by atoms with Crippen LogP contribution in [0.15, 0.2) is 11.6 Å². The molecule has 3 heterocycles. The number of hydrogen-bond donors (Lipinski definition) is 12. The Morgan fingerprint density at radius 1 is 0.721 bits per heavy atom. The number of esters is 1. The molecular formula is C49H80O19. The third kappa shape index (κ3) is 7.90. The molecule has 7 fully saturated rings. The topological polar surface area (TPSA) is 315 Å². The van der Waals surface area contributed by atoms with E-state index < -0.39 is 157 Å². The van der Waals surface area contributed by atoms with Crippen LogP contribution >= 0.6 is 0 Å². The fourth-order valence-corrected chi connectivity index (χ4v) is 15.6. The first-order valence-corrected chi connectivity index (χ1v) is 25.0. The third-order valence-corrected chi connectivity index (χ3v) is 20.0. The number of allylic oxidation sites excluding steroid dienone is 2. The van der Waals surface area contributed by atoms with E-state index in [1.165, 1.54) is 6.92 Å². The Morgan fingerprint density at radius 3 is 2.01 bits per heavy atom. The molecule has 3 saturated heterocycles. The summed E-state index contributed by atoms with van der Waals surface area (Å²) in [6, 6.07) is 0. The van der Waals surface area contributed by atoms with Gasteiger partial charge in [0.05, 0.1) is 43.0 Å². The van der Waals surface area contributed by atoms with Gasteiger partial charge in [-0.25, -0.2) is 0 Å². The lowest BCUT2D eigenvalue weighted by Crippen LogP contribution is -2.71. The van der Waals surface area contributed by atoms with E-state index in [1.807, 2.05) is 13.8 Å². The van der Waals surface area contributed by atoms with Gasteiger partial charge in [0.25, 0.3) is 0 Å². The van der Waals surface area contributed by atoms with Gasteiger partial charge < -0.3 is 89.7 Å². The maximum absolute atomic E-state index is 15.0. The van der Waals surface area contributed by atoms with Crippen molar-refractivity contribution in [2.75, 3.05) is 13.2 Å². The summed E-state index contributed by atoms with van der Waals surface area (Å²) in [5.41, 5.74) is -2.01. The van der Waals surface area contributed by atoms with Gasteiger partial charge in [-0.15, -0.1) is 0 Å². The second-order valence-corrected chi connectivity index (χ2v) is 23.3. The zero-order valence-electron chi connectivity index (χ0n) is 40.7. The van der Waals surface area contributed by atoms with Crippen LogP contribution in [0.4, 0.5) is 0 Å². The normalized spacial score (nSPS) is 57.1. The van der Waals surface area contributed by atoms with Crippen molar-refractivity contribution in [2.24, 2.45) is 56.7 Å². The zero-order valence-corrected chi connectivity index (χ0v) is 40.7. The molecule has 3 aliphatic heterocycles. The van der Waals surface area contributed by atoms with Gasteiger partial charge in [-0.3, -0.25) is 4.79 Å². The maximum atomic E-state index is 15.0. The van der Waals surface area contributed by atoms with Crippen molar-refractivity contribution in [3.8, 4) is 0 Å². The van der Waals surface area contributed by atoms with Gasteiger partial charge >= 0.3 is 5.97 Å².